The molecule has 0 saturated carbocycles. The second kappa shape index (κ2) is 4.88. The number of hydrogen-bond acceptors (Lipinski definition) is 4. The van der Waals surface area contributed by atoms with Crippen molar-refractivity contribution < 1.29 is 14.3 Å². The highest BCUT2D eigenvalue weighted by molar-refractivity contribution is 6.22. The first-order valence-corrected chi connectivity index (χ1v) is 6.13. The van der Waals surface area contributed by atoms with E-state index in [0.717, 1.165) is 11.3 Å². The molecule has 19 heavy (non-hydrogen) atoms. The lowest BCUT2D eigenvalue weighted by Crippen LogP contribution is -2.20. The molecular formula is C15H17NO3. The maximum Gasteiger partial charge on any atom is 0.343 e. The molecule has 1 aromatic rings. The molecular weight excluding hydrogens is 242 g/mol. The van der Waals surface area contributed by atoms with Gasteiger partial charge in [-0.2, -0.15) is 0 Å². The van der Waals surface area contributed by atoms with Crippen LogP contribution in [0, 0.1) is 13.8 Å². The summed E-state index contributed by atoms with van der Waals surface area (Å²) >= 11 is 0. The van der Waals surface area contributed by atoms with Gasteiger partial charge in [-0.3, -0.25) is 4.79 Å². The lowest BCUT2D eigenvalue weighted by molar-refractivity contribution is -0.137. The summed E-state index contributed by atoms with van der Waals surface area (Å²) in [5, 5.41) is 0. The number of rotatable bonds is 2. The SMILES string of the molecule is COC(=O)C1=C(C)N(c2ccc(C)c(C)c2)CC1=O. The molecule has 0 fully saturated rings. The average Bonchev–Trinajstić information content (AvgIpc) is 2.67. The first-order chi connectivity index (χ1) is 8.95. The van der Waals surface area contributed by atoms with Crippen LogP contribution in [-0.4, -0.2) is 25.4 Å². The van der Waals surface area contributed by atoms with Crippen LogP contribution in [0.1, 0.15) is 18.1 Å². The van der Waals surface area contributed by atoms with E-state index >= 15 is 0 Å². The largest absolute Gasteiger partial charge is 0.465 e. The number of hydrogen-bond donors (Lipinski definition) is 0. The number of methoxy groups -OCH3 is 1. The predicted octanol–water partition coefficient (Wildman–Crippen LogP) is 2.14. The molecule has 0 atom stereocenters. The van der Waals surface area contributed by atoms with Gasteiger partial charge in [0.15, 0.2) is 5.78 Å². The number of anilines is 1. The van der Waals surface area contributed by atoms with Gasteiger partial charge in [0.2, 0.25) is 0 Å². The smallest absolute Gasteiger partial charge is 0.343 e. The van der Waals surface area contributed by atoms with Crippen LogP contribution in [-0.2, 0) is 14.3 Å². The van der Waals surface area contributed by atoms with E-state index in [-0.39, 0.29) is 17.9 Å². The molecule has 0 spiro atoms. The Morgan fingerprint density at radius 3 is 2.47 bits per heavy atom. The molecule has 1 heterocycles. The van der Waals surface area contributed by atoms with Crippen molar-refractivity contribution in [3.05, 3.63) is 40.6 Å². The number of allylic oxidation sites excluding steroid dienone is 1. The summed E-state index contributed by atoms with van der Waals surface area (Å²) in [5.41, 5.74) is 4.09. The monoisotopic (exact) mass is 259 g/mol. The Morgan fingerprint density at radius 1 is 1.21 bits per heavy atom. The van der Waals surface area contributed by atoms with E-state index in [1.807, 2.05) is 36.9 Å². The van der Waals surface area contributed by atoms with Crippen LogP contribution >= 0.6 is 0 Å². The van der Waals surface area contributed by atoms with Crippen molar-refractivity contribution in [3.63, 3.8) is 0 Å². The molecule has 1 aromatic carbocycles. The number of benzene rings is 1. The van der Waals surface area contributed by atoms with Crippen LogP contribution in [0.15, 0.2) is 29.5 Å². The Balaban J connectivity index is 2.42. The third-order valence-corrected chi connectivity index (χ3v) is 3.54. The fourth-order valence-electron chi connectivity index (χ4n) is 2.22. The Bertz CT molecular complexity index is 587. The third kappa shape index (κ3) is 2.26. The number of carbonyl (C=O) groups is 2. The van der Waals surface area contributed by atoms with Gasteiger partial charge in [-0.25, -0.2) is 4.79 Å². The van der Waals surface area contributed by atoms with Crippen molar-refractivity contribution in [1.82, 2.24) is 0 Å². The molecule has 0 aliphatic carbocycles. The predicted molar refractivity (Wildman–Crippen MR) is 73.0 cm³/mol. The summed E-state index contributed by atoms with van der Waals surface area (Å²) in [6.45, 7) is 6.03. The van der Waals surface area contributed by atoms with Gasteiger partial charge in [-0.05, 0) is 44.0 Å². The zero-order valence-electron chi connectivity index (χ0n) is 11.6. The molecule has 0 saturated heterocycles. The van der Waals surface area contributed by atoms with Gasteiger partial charge in [0.1, 0.15) is 5.57 Å². The topological polar surface area (TPSA) is 46.6 Å². The summed E-state index contributed by atoms with van der Waals surface area (Å²) in [7, 11) is 1.29. The lowest BCUT2D eigenvalue weighted by atomic mass is 10.1. The van der Waals surface area contributed by atoms with Gasteiger partial charge in [0, 0.05) is 11.4 Å². The first-order valence-electron chi connectivity index (χ1n) is 6.13. The number of aryl methyl sites for hydroxylation is 2. The van der Waals surface area contributed by atoms with Crippen molar-refractivity contribution in [2.24, 2.45) is 0 Å². The zero-order chi connectivity index (χ0) is 14.2. The Morgan fingerprint density at radius 2 is 1.89 bits per heavy atom. The molecule has 4 heteroatoms. The van der Waals surface area contributed by atoms with Gasteiger partial charge in [0.25, 0.3) is 0 Å². The molecule has 0 unspecified atom stereocenters. The van der Waals surface area contributed by atoms with Crippen LogP contribution in [0.2, 0.25) is 0 Å². The summed E-state index contributed by atoms with van der Waals surface area (Å²) in [6.07, 6.45) is 0. The Hall–Kier alpha value is -2.10. The van der Waals surface area contributed by atoms with E-state index in [4.69, 9.17) is 0 Å². The fraction of sp³-hybridized carbons (Fsp3) is 0.333. The Kier molecular flexibility index (Phi) is 3.42. The molecule has 0 N–H and O–H groups in total. The van der Waals surface area contributed by atoms with E-state index in [1.54, 1.807) is 6.92 Å². The highest BCUT2D eigenvalue weighted by Crippen LogP contribution is 2.28. The second-order valence-corrected chi connectivity index (χ2v) is 4.73. The van der Waals surface area contributed by atoms with E-state index < -0.39 is 5.97 Å². The first kappa shape index (κ1) is 13.3. The van der Waals surface area contributed by atoms with Crippen molar-refractivity contribution >= 4 is 17.4 Å². The number of carbonyl (C=O) groups excluding carboxylic acids is 2. The van der Waals surface area contributed by atoms with Crippen molar-refractivity contribution in [2.75, 3.05) is 18.6 Å². The molecule has 0 aromatic heterocycles. The minimum absolute atomic E-state index is 0.153. The zero-order valence-corrected chi connectivity index (χ0v) is 11.6. The molecule has 1 aliphatic heterocycles. The number of ketones is 1. The molecule has 100 valence electrons. The summed E-state index contributed by atoms with van der Waals surface area (Å²) in [6, 6.07) is 5.99. The summed E-state index contributed by atoms with van der Waals surface area (Å²) in [5.74, 6) is -0.753. The standard InChI is InChI=1S/C15H17NO3/c1-9-5-6-12(7-10(9)2)16-8-13(17)14(11(16)3)15(18)19-4/h5-7H,8H2,1-4H3. The van der Waals surface area contributed by atoms with Crippen molar-refractivity contribution in [3.8, 4) is 0 Å². The van der Waals surface area contributed by atoms with Crippen LogP contribution in [0.3, 0.4) is 0 Å². The van der Waals surface area contributed by atoms with Crippen LogP contribution in [0.4, 0.5) is 5.69 Å². The molecule has 0 radical (unpaired) electrons. The van der Waals surface area contributed by atoms with Gasteiger partial charge >= 0.3 is 5.97 Å². The number of esters is 1. The minimum atomic E-state index is -0.561. The molecule has 4 nitrogen and oxygen atoms in total. The van der Waals surface area contributed by atoms with Crippen LogP contribution in [0.5, 0.6) is 0 Å². The highest BCUT2D eigenvalue weighted by atomic mass is 16.5. The van der Waals surface area contributed by atoms with Crippen LogP contribution in [0.25, 0.3) is 0 Å². The van der Waals surface area contributed by atoms with E-state index in [0.29, 0.717) is 5.70 Å². The van der Waals surface area contributed by atoms with Gasteiger partial charge in [-0.15, -0.1) is 0 Å². The number of ether oxygens (including phenoxy) is 1. The van der Waals surface area contributed by atoms with Gasteiger partial charge in [-0.1, -0.05) is 6.07 Å². The number of Topliss-reactive ketones (excluding diaryl/α,β-unsaturated/α-hetero) is 1. The fourth-order valence-corrected chi connectivity index (χ4v) is 2.22. The molecule has 1 aliphatic rings. The summed E-state index contributed by atoms with van der Waals surface area (Å²) in [4.78, 5) is 25.4. The van der Waals surface area contributed by atoms with Crippen molar-refractivity contribution in [2.45, 2.75) is 20.8 Å². The summed E-state index contributed by atoms with van der Waals surface area (Å²) < 4.78 is 4.66. The highest BCUT2D eigenvalue weighted by Gasteiger charge is 2.33. The van der Waals surface area contributed by atoms with Gasteiger partial charge < -0.3 is 9.64 Å². The molecule has 0 bridgehead atoms. The lowest BCUT2D eigenvalue weighted by Gasteiger charge is -2.20. The van der Waals surface area contributed by atoms with E-state index in [9.17, 15) is 9.59 Å². The average molecular weight is 259 g/mol. The minimum Gasteiger partial charge on any atom is -0.465 e. The second-order valence-electron chi connectivity index (χ2n) is 4.73. The van der Waals surface area contributed by atoms with Gasteiger partial charge in [0.05, 0.1) is 13.7 Å². The number of nitrogens with zero attached hydrogens (tertiary/aromatic N) is 1. The Labute approximate surface area is 112 Å². The third-order valence-electron chi connectivity index (χ3n) is 3.54. The molecule has 0 amide bonds. The van der Waals surface area contributed by atoms with E-state index in [2.05, 4.69) is 4.74 Å². The van der Waals surface area contributed by atoms with Crippen LogP contribution < -0.4 is 4.90 Å². The maximum atomic E-state index is 11.9. The maximum absolute atomic E-state index is 11.9. The normalized spacial score (nSPS) is 15.2. The molecule has 2 rings (SSSR count). The van der Waals surface area contributed by atoms with E-state index in [1.165, 1.54) is 12.7 Å². The quantitative estimate of drug-likeness (QED) is 0.603. The van der Waals surface area contributed by atoms with Crippen molar-refractivity contribution in [1.29, 1.82) is 0 Å².